The molecule has 3 N–H and O–H groups in total. The molecule has 3 aromatic rings. The molecule has 6 nitrogen and oxygen atoms in total. The van der Waals surface area contributed by atoms with Crippen LogP contribution in [0.3, 0.4) is 0 Å². The van der Waals surface area contributed by atoms with Crippen LogP contribution in [0.5, 0.6) is 0 Å². The van der Waals surface area contributed by atoms with Crippen LogP contribution in [0.25, 0.3) is 10.1 Å². The highest BCUT2D eigenvalue weighted by Crippen LogP contribution is 2.30. The second kappa shape index (κ2) is 10.5. The van der Waals surface area contributed by atoms with Crippen LogP contribution in [0.15, 0.2) is 54.6 Å². The number of carbonyl (C=O) groups excluding carboxylic acids is 2. The van der Waals surface area contributed by atoms with E-state index in [0.717, 1.165) is 46.7 Å². The van der Waals surface area contributed by atoms with Gasteiger partial charge in [-0.2, -0.15) is 0 Å². The highest BCUT2D eigenvalue weighted by Gasteiger charge is 2.35. The van der Waals surface area contributed by atoms with Gasteiger partial charge in [-0.25, -0.2) is 4.79 Å². The molecule has 3 amide bonds. The number of piperidine rings is 3. The SMILES string of the molecule is Cl.O=C(NCCc1ccccc1)Nc1ccc2cc(C(=O)N[C@H]3CN4CCC3CC4)sc2c1. The molecule has 0 saturated carbocycles. The number of hydrogen-bond donors (Lipinski definition) is 3. The fourth-order valence-electron chi connectivity index (χ4n) is 4.73. The first-order valence-electron chi connectivity index (χ1n) is 11.3. The van der Waals surface area contributed by atoms with Gasteiger partial charge in [0.1, 0.15) is 0 Å². The number of halogens is 1. The van der Waals surface area contributed by atoms with E-state index in [4.69, 9.17) is 0 Å². The predicted octanol–water partition coefficient (Wildman–Crippen LogP) is 4.51. The summed E-state index contributed by atoms with van der Waals surface area (Å²) in [7, 11) is 0. The largest absolute Gasteiger partial charge is 0.347 e. The molecule has 0 radical (unpaired) electrons. The highest BCUT2D eigenvalue weighted by atomic mass is 35.5. The summed E-state index contributed by atoms with van der Waals surface area (Å²) in [4.78, 5) is 28.3. The Morgan fingerprint density at radius 2 is 1.82 bits per heavy atom. The Kier molecular flexibility index (Phi) is 7.53. The lowest BCUT2D eigenvalue weighted by Gasteiger charge is -2.44. The van der Waals surface area contributed by atoms with Gasteiger partial charge in [-0.3, -0.25) is 4.79 Å². The Labute approximate surface area is 204 Å². The van der Waals surface area contributed by atoms with Crippen LogP contribution in [0.4, 0.5) is 10.5 Å². The van der Waals surface area contributed by atoms with Crippen molar-refractivity contribution in [3.05, 3.63) is 65.0 Å². The molecule has 1 atom stereocenters. The normalized spacial score (nSPS) is 21.3. The summed E-state index contributed by atoms with van der Waals surface area (Å²) >= 11 is 1.47. The number of nitrogens with zero attached hydrogens (tertiary/aromatic N) is 1. The average molecular weight is 485 g/mol. The molecule has 4 heterocycles. The molecular weight excluding hydrogens is 456 g/mol. The number of amides is 3. The maximum absolute atomic E-state index is 12.9. The van der Waals surface area contributed by atoms with E-state index in [1.165, 1.54) is 29.7 Å². The van der Waals surface area contributed by atoms with E-state index in [0.29, 0.717) is 12.5 Å². The summed E-state index contributed by atoms with van der Waals surface area (Å²) in [6.45, 7) is 3.86. The predicted molar refractivity (Wildman–Crippen MR) is 137 cm³/mol. The molecule has 3 aliphatic heterocycles. The van der Waals surface area contributed by atoms with Gasteiger partial charge in [0, 0.05) is 29.5 Å². The van der Waals surface area contributed by atoms with Gasteiger partial charge in [0.25, 0.3) is 5.91 Å². The monoisotopic (exact) mass is 484 g/mol. The molecular formula is C25H29ClN4O2S. The third kappa shape index (κ3) is 5.66. The highest BCUT2D eigenvalue weighted by molar-refractivity contribution is 7.20. The lowest BCUT2D eigenvalue weighted by atomic mass is 9.84. The van der Waals surface area contributed by atoms with E-state index in [1.54, 1.807) is 0 Å². The van der Waals surface area contributed by atoms with Crippen molar-refractivity contribution in [2.24, 2.45) is 5.92 Å². The van der Waals surface area contributed by atoms with Crippen LogP contribution < -0.4 is 16.0 Å². The molecule has 2 aromatic carbocycles. The van der Waals surface area contributed by atoms with Gasteiger partial charge in [0.05, 0.1) is 4.88 Å². The van der Waals surface area contributed by atoms with Crippen LogP contribution in [-0.4, -0.2) is 49.1 Å². The first-order valence-corrected chi connectivity index (χ1v) is 12.1. The fourth-order valence-corrected chi connectivity index (χ4v) is 5.73. The van der Waals surface area contributed by atoms with Crippen molar-refractivity contribution in [2.45, 2.75) is 25.3 Å². The Hall–Kier alpha value is -2.61. The van der Waals surface area contributed by atoms with Crippen LogP contribution in [-0.2, 0) is 6.42 Å². The first-order chi connectivity index (χ1) is 15.6. The lowest BCUT2D eigenvalue weighted by Crippen LogP contribution is -2.57. The van der Waals surface area contributed by atoms with Gasteiger partial charge in [0.15, 0.2) is 0 Å². The maximum Gasteiger partial charge on any atom is 0.319 e. The topological polar surface area (TPSA) is 73.5 Å². The number of benzene rings is 2. The van der Waals surface area contributed by atoms with E-state index < -0.39 is 0 Å². The van der Waals surface area contributed by atoms with Crippen molar-refractivity contribution in [1.82, 2.24) is 15.5 Å². The number of nitrogens with one attached hydrogen (secondary N) is 3. The molecule has 8 heteroatoms. The van der Waals surface area contributed by atoms with Gasteiger partial charge in [-0.1, -0.05) is 36.4 Å². The Bertz CT molecular complexity index is 1110. The standard InChI is InChI=1S/C25H28N4O2S.ClH/c30-24(28-21-16-29-12-9-18(21)10-13-29)23-14-19-6-7-20(15-22(19)32-23)27-25(31)26-11-8-17-4-2-1-3-5-17;/h1-7,14-15,18,21H,8-13,16H2,(H,28,30)(H2,26,27,31);1H/t21-;/m0./s1. The van der Waals surface area contributed by atoms with Crippen molar-refractivity contribution in [1.29, 1.82) is 0 Å². The molecule has 0 unspecified atom stereocenters. The first kappa shape index (κ1) is 23.5. The number of hydrogen-bond acceptors (Lipinski definition) is 4. The Morgan fingerprint density at radius 1 is 1.03 bits per heavy atom. The number of anilines is 1. The lowest BCUT2D eigenvalue weighted by molar-refractivity contribution is 0.0622. The van der Waals surface area contributed by atoms with Crippen molar-refractivity contribution < 1.29 is 9.59 Å². The van der Waals surface area contributed by atoms with Crippen molar-refractivity contribution in [3.8, 4) is 0 Å². The molecule has 0 aliphatic carbocycles. The van der Waals surface area contributed by atoms with Crippen LogP contribution in [0.2, 0.25) is 0 Å². The molecule has 3 fully saturated rings. The van der Waals surface area contributed by atoms with Crippen molar-refractivity contribution in [3.63, 3.8) is 0 Å². The third-order valence-corrected chi connectivity index (χ3v) is 7.61. The van der Waals surface area contributed by atoms with Gasteiger partial charge in [0.2, 0.25) is 0 Å². The van der Waals surface area contributed by atoms with Crippen molar-refractivity contribution in [2.75, 3.05) is 31.5 Å². The number of thiophene rings is 1. The molecule has 174 valence electrons. The van der Waals surface area contributed by atoms with Gasteiger partial charge in [-0.05, 0) is 67.4 Å². The van der Waals surface area contributed by atoms with Crippen LogP contribution in [0.1, 0.15) is 28.1 Å². The summed E-state index contributed by atoms with van der Waals surface area (Å²) in [5.41, 5.74) is 1.91. The fraction of sp³-hybridized carbons (Fsp3) is 0.360. The second-order valence-corrected chi connectivity index (χ2v) is 9.78. The average Bonchev–Trinajstić information content (AvgIpc) is 3.24. The van der Waals surface area contributed by atoms with Crippen molar-refractivity contribution >= 4 is 51.5 Å². The molecule has 2 bridgehead atoms. The number of carbonyl (C=O) groups is 2. The minimum absolute atomic E-state index is 0. The zero-order valence-electron chi connectivity index (χ0n) is 18.4. The zero-order valence-corrected chi connectivity index (χ0v) is 20.0. The summed E-state index contributed by atoms with van der Waals surface area (Å²) in [6, 6.07) is 17.8. The van der Waals surface area contributed by atoms with Crippen LogP contribution in [0, 0.1) is 5.92 Å². The van der Waals surface area contributed by atoms with E-state index in [9.17, 15) is 9.59 Å². The summed E-state index contributed by atoms with van der Waals surface area (Å²) in [5, 5.41) is 10.1. The maximum atomic E-state index is 12.9. The molecule has 6 rings (SSSR count). The minimum atomic E-state index is -0.225. The van der Waals surface area contributed by atoms with E-state index in [-0.39, 0.29) is 30.4 Å². The molecule has 1 aromatic heterocycles. The number of urea groups is 1. The van der Waals surface area contributed by atoms with E-state index in [2.05, 4.69) is 33.0 Å². The molecule has 3 aliphatic rings. The van der Waals surface area contributed by atoms with Crippen LogP contribution >= 0.6 is 23.7 Å². The quantitative estimate of drug-likeness (QED) is 0.482. The Morgan fingerprint density at radius 3 is 2.55 bits per heavy atom. The smallest absolute Gasteiger partial charge is 0.319 e. The zero-order chi connectivity index (χ0) is 21.9. The molecule has 0 spiro atoms. The van der Waals surface area contributed by atoms with E-state index in [1.807, 2.05) is 42.5 Å². The molecule has 3 saturated heterocycles. The number of rotatable bonds is 6. The summed E-state index contributed by atoms with van der Waals surface area (Å²) in [6.07, 6.45) is 3.15. The van der Waals surface area contributed by atoms with Gasteiger partial charge >= 0.3 is 6.03 Å². The van der Waals surface area contributed by atoms with Gasteiger partial charge < -0.3 is 20.9 Å². The molecule has 33 heavy (non-hydrogen) atoms. The van der Waals surface area contributed by atoms with Gasteiger partial charge in [-0.15, -0.1) is 23.7 Å². The number of fused-ring (bicyclic) bond motifs is 4. The minimum Gasteiger partial charge on any atom is -0.347 e. The Balaban J connectivity index is 0.00000259. The van der Waals surface area contributed by atoms with E-state index >= 15 is 0 Å². The second-order valence-electron chi connectivity index (χ2n) is 8.70. The summed E-state index contributed by atoms with van der Waals surface area (Å²) < 4.78 is 0.992. The summed E-state index contributed by atoms with van der Waals surface area (Å²) in [5.74, 6) is 0.618. The third-order valence-electron chi connectivity index (χ3n) is 6.52.